The molecule has 2 heterocycles. The zero-order chi connectivity index (χ0) is 15.5. The van der Waals surface area contributed by atoms with Crippen molar-refractivity contribution < 1.29 is 14.3 Å². The number of primary amides is 1. The fourth-order valence-corrected chi connectivity index (χ4v) is 4.67. The van der Waals surface area contributed by atoms with Gasteiger partial charge in [0.05, 0.1) is 10.8 Å². The molecule has 6 nitrogen and oxygen atoms in total. The van der Waals surface area contributed by atoms with Gasteiger partial charge in [0.25, 0.3) is 0 Å². The molecule has 10 heteroatoms. The Labute approximate surface area is 143 Å². The van der Waals surface area contributed by atoms with Crippen molar-refractivity contribution in [3.8, 4) is 11.5 Å². The van der Waals surface area contributed by atoms with Crippen LogP contribution in [0.15, 0.2) is 20.8 Å². The number of carbonyl (C=O) groups is 1. The normalized spacial score (nSPS) is 12.6. The highest BCUT2D eigenvalue weighted by molar-refractivity contribution is 8.03. The van der Waals surface area contributed by atoms with Crippen LogP contribution in [0.1, 0.15) is 5.56 Å². The lowest BCUT2D eigenvalue weighted by Crippen LogP contribution is -2.12. The van der Waals surface area contributed by atoms with Crippen LogP contribution < -0.4 is 15.2 Å². The zero-order valence-corrected chi connectivity index (χ0v) is 14.3. The van der Waals surface area contributed by atoms with Gasteiger partial charge in [-0.1, -0.05) is 46.5 Å². The van der Waals surface area contributed by atoms with E-state index < -0.39 is 0 Å². The molecule has 0 saturated heterocycles. The molecule has 3 rings (SSSR count). The molecule has 1 aliphatic rings. The van der Waals surface area contributed by atoms with E-state index in [0.717, 1.165) is 14.2 Å². The summed E-state index contributed by atoms with van der Waals surface area (Å²) in [5, 5.41) is 8.62. The Morgan fingerprint density at radius 3 is 2.86 bits per heavy atom. The van der Waals surface area contributed by atoms with Gasteiger partial charge in [0, 0.05) is 5.75 Å². The van der Waals surface area contributed by atoms with Crippen molar-refractivity contribution in [2.45, 2.75) is 14.4 Å². The Morgan fingerprint density at radius 2 is 2.09 bits per heavy atom. The Kier molecular flexibility index (Phi) is 4.97. The predicted molar refractivity (Wildman–Crippen MR) is 87.0 cm³/mol. The van der Waals surface area contributed by atoms with Gasteiger partial charge < -0.3 is 15.2 Å². The van der Waals surface area contributed by atoms with Crippen LogP contribution in [0.4, 0.5) is 0 Å². The topological polar surface area (TPSA) is 87.3 Å². The van der Waals surface area contributed by atoms with Gasteiger partial charge in [-0.2, -0.15) is 0 Å². The van der Waals surface area contributed by atoms with Crippen LogP contribution in [0, 0.1) is 0 Å². The maximum absolute atomic E-state index is 10.7. The number of amides is 1. The maximum atomic E-state index is 10.7. The first kappa shape index (κ1) is 15.7. The first-order chi connectivity index (χ1) is 10.6. The van der Waals surface area contributed by atoms with Crippen LogP contribution in [-0.4, -0.2) is 28.7 Å². The Bertz CT molecular complexity index is 710. The first-order valence-corrected chi connectivity index (χ1v) is 9.24. The number of thioether (sulfide) groups is 2. The minimum Gasteiger partial charge on any atom is -0.454 e. The predicted octanol–water partition coefficient (Wildman–Crippen LogP) is 2.79. The molecule has 0 unspecified atom stereocenters. The van der Waals surface area contributed by atoms with Crippen molar-refractivity contribution in [2.75, 3.05) is 12.5 Å². The van der Waals surface area contributed by atoms with Gasteiger partial charge >= 0.3 is 0 Å². The van der Waals surface area contributed by atoms with E-state index in [-0.39, 0.29) is 18.5 Å². The second-order valence-corrected chi connectivity index (χ2v) is 8.02. The lowest BCUT2D eigenvalue weighted by Gasteiger charge is -2.03. The van der Waals surface area contributed by atoms with E-state index in [4.69, 9.17) is 26.8 Å². The number of benzene rings is 1. The second kappa shape index (κ2) is 6.95. The van der Waals surface area contributed by atoms with Crippen LogP contribution in [-0.2, 0) is 10.5 Å². The number of carbonyl (C=O) groups excluding carboxylic acids is 1. The first-order valence-electron chi connectivity index (χ1n) is 6.07. The summed E-state index contributed by atoms with van der Waals surface area (Å²) < 4.78 is 12.2. The van der Waals surface area contributed by atoms with Gasteiger partial charge in [-0.15, -0.1) is 10.2 Å². The van der Waals surface area contributed by atoms with Crippen molar-refractivity contribution in [1.82, 2.24) is 10.2 Å². The Morgan fingerprint density at radius 1 is 1.32 bits per heavy atom. The number of nitrogens with two attached hydrogens (primary N) is 1. The monoisotopic (exact) mass is 375 g/mol. The number of ether oxygens (including phenoxy) is 2. The van der Waals surface area contributed by atoms with Gasteiger partial charge in [-0.25, -0.2) is 0 Å². The molecule has 2 aromatic rings. The minimum atomic E-state index is -0.371. The Hall–Kier alpha value is -1.16. The van der Waals surface area contributed by atoms with Gasteiger partial charge in [-0.05, 0) is 17.7 Å². The molecule has 1 amide bonds. The van der Waals surface area contributed by atoms with Crippen molar-refractivity contribution in [3.63, 3.8) is 0 Å². The fourth-order valence-electron chi connectivity index (χ4n) is 1.70. The quantitative estimate of drug-likeness (QED) is 0.776. The summed E-state index contributed by atoms with van der Waals surface area (Å²) in [5.41, 5.74) is 6.11. The van der Waals surface area contributed by atoms with Crippen LogP contribution in [0.3, 0.4) is 0 Å². The number of hydrogen-bond donors (Lipinski definition) is 1. The number of nitrogens with zero attached hydrogens (tertiary/aromatic N) is 2. The lowest BCUT2D eigenvalue weighted by atomic mass is 10.2. The average Bonchev–Trinajstić information content (AvgIpc) is 3.12. The molecule has 0 aliphatic carbocycles. The summed E-state index contributed by atoms with van der Waals surface area (Å²) in [7, 11) is 0. The summed E-state index contributed by atoms with van der Waals surface area (Å²) >= 11 is 10.4. The molecule has 0 bridgehead atoms. The smallest absolute Gasteiger partial charge is 0.231 e. The molecule has 0 saturated carbocycles. The molecule has 0 fully saturated rings. The third kappa shape index (κ3) is 3.78. The van der Waals surface area contributed by atoms with E-state index in [1.54, 1.807) is 11.8 Å². The molecule has 1 aromatic heterocycles. The highest BCUT2D eigenvalue weighted by atomic mass is 35.5. The largest absolute Gasteiger partial charge is 0.454 e. The third-order valence-corrected chi connectivity index (χ3v) is 6.14. The number of aromatic nitrogens is 2. The molecular weight excluding hydrogens is 366 g/mol. The summed E-state index contributed by atoms with van der Waals surface area (Å²) in [6, 6.07) is 3.76. The number of fused-ring (bicyclic) bond motifs is 1. The molecule has 1 aromatic carbocycles. The molecule has 0 spiro atoms. The summed E-state index contributed by atoms with van der Waals surface area (Å²) in [5.74, 6) is 1.78. The average molecular weight is 376 g/mol. The maximum Gasteiger partial charge on any atom is 0.231 e. The molecular formula is C12H10ClN3O3S3. The van der Waals surface area contributed by atoms with Crippen LogP contribution >= 0.6 is 46.5 Å². The van der Waals surface area contributed by atoms with Crippen LogP contribution in [0.25, 0.3) is 0 Å². The summed E-state index contributed by atoms with van der Waals surface area (Å²) in [4.78, 5) is 10.7. The van der Waals surface area contributed by atoms with Crippen molar-refractivity contribution in [2.24, 2.45) is 5.73 Å². The minimum absolute atomic E-state index is 0.197. The van der Waals surface area contributed by atoms with Crippen molar-refractivity contribution in [3.05, 3.63) is 22.7 Å². The van der Waals surface area contributed by atoms with Gasteiger partial charge in [-0.3, -0.25) is 4.79 Å². The standard InChI is InChI=1S/C12H10ClN3O3S3/c13-7-1-6(2-8-10(7)19-5-18-8)3-20-11-15-16-12(22-11)21-4-9(14)17/h1-2H,3-5H2,(H2,14,17). The van der Waals surface area contributed by atoms with Gasteiger partial charge in [0.1, 0.15) is 0 Å². The SMILES string of the molecule is NC(=O)CSc1nnc(SCc2cc(Cl)c3c(c2)OCO3)s1. The van der Waals surface area contributed by atoms with Crippen LogP contribution in [0.5, 0.6) is 11.5 Å². The second-order valence-electron chi connectivity index (χ2n) is 4.19. The van der Waals surface area contributed by atoms with E-state index in [0.29, 0.717) is 22.3 Å². The molecule has 0 atom stereocenters. The number of halogens is 1. The van der Waals surface area contributed by atoms with Crippen molar-refractivity contribution in [1.29, 1.82) is 0 Å². The number of rotatable bonds is 6. The number of hydrogen-bond acceptors (Lipinski definition) is 8. The van der Waals surface area contributed by atoms with E-state index >= 15 is 0 Å². The third-order valence-electron chi connectivity index (χ3n) is 2.58. The van der Waals surface area contributed by atoms with E-state index in [9.17, 15) is 4.79 Å². The Balaban J connectivity index is 1.61. The summed E-state index contributed by atoms with van der Waals surface area (Å²) in [6.45, 7) is 0.197. The lowest BCUT2D eigenvalue weighted by molar-refractivity contribution is -0.115. The highest BCUT2D eigenvalue weighted by Crippen LogP contribution is 2.41. The highest BCUT2D eigenvalue weighted by Gasteiger charge is 2.18. The van der Waals surface area contributed by atoms with Crippen molar-refractivity contribution >= 4 is 52.4 Å². The van der Waals surface area contributed by atoms with Crippen LogP contribution in [0.2, 0.25) is 5.02 Å². The molecule has 22 heavy (non-hydrogen) atoms. The van der Waals surface area contributed by atoms with Gasteiger partial charge in [0.15, 0.2) is 20.2 Å². The summed E-state index contributed by atoms with van der Waals surface area (Å²) in [6.07, 6.45) is 0. The zero-order valence-electron chi connectivity index (χ0n) is 11.1. The molecule has 2 N–H and O–H groups in total. The van der Waals surface area contributed by atoms with E-state index in [1.807, 2.05) is 12.1 Å². The van der Waals surface area contributed by atoms with E-state index in [1.165, 1.54) is 23.1 Å². The fraction of sp³-hybridized carbons (Fsp3) is 0.250. The molecule has 116 valence electrons. The van der Waals surface area contributed by atoms with Gasteiger partial charge in [0.2, 0.25) is 12.7 Å². The molecule has 0 radical (unpaired) electrons. The molecule has 1 aliphatic heterocycles. The van der Waals surface area contributed by atoms with E-state index in [2.05, 4.69) is 10.2 Å².